The highest BCUT2D eigenvalue weighted by atomic mass is 35.5. The fourth-order valence-corrected chi connectivity index (χ4v) is 4.87. The molecule has 0 heterocycles. The number of rotatable bonds is 9. The summed E-state index contributed by atoms with van der Waals surface area (Å²) in [5, 5.41) is 0.0254. The normalized spacial score (nSPS) is 15.0. The second-order valence-corrected chi connectivity index (χ2v) is 9.91. The minimum absolute atomic E-state index is 0.0204. The Kier molecular flexibility index (Phi) is 7.26. The lowest BCUT2D eigenvalue weighted by molar-refractivity contribution is -0.0258. The molecular weight excluding hydrogens is 440 g/mol. The summed E-state index contributed by atoms with van der Waals surface area (Å²) < 4.78 is 31.3. The van der Waals surface area contributed by atoms with Crippen LogP contribution >= 0.6 is 11.6 Å². The van der Waals surface area contributed by atoms with Gasteiger partial charge in [-0.2, -0.15) is 0 Å². The summed E-state index contributed by atoms with van der Waals surface area (Å²) in [7, 11) is 0.120. The van der Waals surface area contributed by atoms with Crippen molar-refractivity contribution in [3.05, 3.63) is 58.6 Å². The van der Waals surface area contributed by atoms with E-state index in [2.05, 4.69) is 0 Å². The number of ether oxygens (including phenoxy) is 1. The van der Waals surface area contributed by atoms with Crippen LogP contribution in [0.15, 0.2) is 47.4 Å². The highest BCUT2D eigenvalue weighted by molar-refractivity contribution is 7.89. The van der Waals surface area contributed by atoms with E-state index in [1.807, 2.05) is 31.2 Å². The minimum Gasteiger partial charge on any atom is -0.497 e. The molecule has 3 rings (SSSR count). The second-order valence-electron chi connectivity index (χ2n) is 7.60. The summed E-state index contributed by atoms with van der Waals surface area (Å²) in [6.07, 6.45) is 2.15. The molecule has 2 aromatic rings. The van der Waals surface area contributed by atoms with Crippen molar-refractivity contribution in [1.29, 1.82) is 0 Å². The van der Waals surface area contributed by atoms with Gasteiger partial charge in [-0.15, -0.1) is 0 Å². The van der Waals surface area contributed by atoms with Crippen molar-refractivity contribution >= 4 is 27.5 Å². The van der Waals surface area contributed by atoms with E-state index in [4.69, 9.17) is 21.2 Å². The molecule has 0 aromatic heterocycles. The fourth-order valence-electron chi connectivity index (χ4n) is 3.40. The monoisotopic (exact) mass is 466 g/mol. The molecule has 1 atom stereocenters. The van der Waals surface area contributed by atoms with Gasteiger partial charge in [0.05, 0.1) is 19.2 Å². The lowest BCUT2D eigenvalue weighted by Crippen LogP contribution is -2.39. The molecule has 1 unspecified atom stereocenters. The SMILES string of the molecule is COc1ccc(CN(C(=O)c2ccc(Cl)c(S(=O)(=O)N(C)OC)c2)C(C)C2CC2)cc1. The lowest BCUT2D eigenvalue weighted by Gasteiger charge is -2.30. The van der Waals surface area contributed by atoms with Gasteiger partial charge in [-0.05, 0) is 61.6 Å². The van der Waals surface area contributed by atoms with Crippen LogP contribution in [0.25, 0.3) is 0 Å². The Morgan fingerprint density at radius 3 is 2.35 bits per heavy atom. The van der Waals surface area contributed by atoms with E-state index >= 15 is 0 Å². The van der Waals surface area contributed by atoms with Crippen LogP contribution in [0.3, 0.4) is 0 Å². The molecule has 1 fully saturated rings. The van der Waals surface area contributed by atoms with E-state index in [-0.39, 0.29) is 27.4 Å². The van der Waals surface area contributed by atoms with Crippen molar-refractivity contribution in [2.75, 3.05) is 21.3 Å². The first-order chi connectivity index (χ1) is 14.7. The van der Waals surface area contributed by atoms with E-state index in [9.17, 15) is 13.2 Å². The Morgan fingerprint density at radius 1 is 1.16 bits per heavy atom. The average molecular weight is 467 g/mol. The number of amides is 1. The predicted molar refractivity (Wildman–Crippen MR) is 118 cm³/mol. The number of sulfonamides is 1. The van der Waals surface area contributed by atoms with Gasteiger partial charge in [0, 0.05) is 25.2 Å². The smallest absolute Gasteiger partial charge is 0.266 e. The topological polar surface area (TPSA) is 76.2 Å². The third-order valence-corrected chi connectivity index (χ3v) is 7.78. The summed E-state index contributed by atoms with van der Waals surface area (Å²) >= 11 is 6.15. The Morgan fingerprint density at radius 2 is 1.81 bits per heavy atom. The number of hydrogen-bond donors (Lipinski definition) is 0. The van der Waals surface area contributed by atoms with Crippen molar-refractivity contribution < 1.29 is 22.8 Å². The summed E-state index contributed by atoms with van der Waals surface area (Å²) in [5.41, 5.74) is 1.22. The van der Waals surface area contributed by atoms with Gasteiger partial charge < -0.3 is 9.64 Å². The zero-order chi connectivity index (χ0) is 22.8. The van der Waals surface area contributed by atoms with Gasteiger partial charge in [0.2, 0.25) is 0 Å². The molecule has 31 heavy (non-hydrogen) atoms. The van der Waals surface area contributed by atoms with Crippen molar-refractivity contribution in [2.45, 2.75) is 37.2 Å². The number of carbonyl (C=O) groups excluding carboxylic acids is 1. The van der Waals surface area contributed by atoms with E-state index in [1.54, 1.807) is 18.1 Å². The lowest BCUT2D eigenvalue weighted by atomic mass is 10.1. The number of hydrogen-bond acceptors (Lipinski definition) is 5. The molecule has 168 valence electrons. The first kappa shape index (κ1) is 23.5. The number of carbonyl (C=O) groups is 1. The van der Waals surface area contributed by atoms with Crippen LogP contribution < -0.4 is 4.74 Å². The molecule has 0 saturated heterocycles. The Hall–Kier alpha value is -2.13. The van der Waals surface area contributed by atoms with Gasteiger partial charge in [0.1, 0.15) is 10.6 Å². The van der Waals surface area contributed by atoms with Crippen LogP contribution in [-0.4, -0.2) is 51.0 Å². The molecule has 0 spiro atoms. The molecule has 1 aliphatic rings. The maximum absolute atomic E-state index is 13.5. The van der Waals surface area contributed by atoms with Crippen molar-refractivity contribution in [3.8, 4) is 5.75 Å². The first-order valence-corrected chi connectivity index (χ1v) is 11.8. The van der Waals surface area contributed by atoms with Crippen LogP contribution in [0.2, 0.25) is 5.02 Å². The zero-order valence-electron chi connectivity index (χ0n) is 18.0. The third-order valence-electron chi connectivity index (χ3n) is 5.62. The van der Waals surface area contributed by atoms with Crippen LogP contribution in [0.1, 0.15) is 35.7 Å². The van der Waals surface area contributed by atoms with Crippen molar-refractivity contribution in [1.82, 2.24) is 9.37 Å². The molecule has 1 aliphatic carbocycles. The largest absolute Gasteiger partial charge is 0.497 e. The Balaban J connectivity index is 1.94. The first-order valence-electron chi connectivity index (χ1n) is 9.95. The van der Waals surface area contributed by atoms with Crippen molar-refractivity contribution in [3.63, 3.8) is 0 Å². The predicted octanol–water partition coefficient (Wildman–Crippen LogP) is 3.97. The molecule has 0 radical (unpaired) electrons. The second kappa shape index (κ2) is 9.56. The van der Waals surface area contributed by atoms with Gasteiger partial charge in [-0.1, -0.05) is 28.2 Å². The summed E-state index contributed by atoms with van der Waals surface area (Å²) in [4.78, 5) is 19.9. The molecule has 2 aromatic carbocycles. The van der Waals surface area contributed by atoms with E-state index in [0.29, 0.717) is 16.9 Å². The molecule has 1 saturated carbocycles. The zero-order valence-corrected chi connectivity index (χ0v) is 19.6. The molecule has 0 N–H and O–H groups in total. The minimum atomic E-state index is -4.00. The quantitative estimate of drug-likeness (QED) is 0.522. The maximum Gasteiger partial charge on any atom is 0.266 e. The number of hydroxylamine groups is 1. The van der Waals surface area contributed by atoms with Gasteiger partial charge in [0.25, 0.3) is 15.9 Å². The molecular formula is C22H27ClN2O5S. The summed E-state index contributed by atoms with van der Waals surface area (Å²) in [5.74, 6) is 0.937. The average Bonchev–Trinajstić information content (AvgIpc) is 3.62. The summed E-state index contributed by atoms with van der Waals surface area (Å²) in [6, 6.07) is 11.9. The number of benzene rings is 2. The highest BCUT2D eigenvalue weighted by Gasteiger charge is 2.35. The van der Waals surface area contributed by atoms with E-state index in [0.717, 1.165) is 24.2 Å². The molecule has 0 bridgehead atoms. The summed E-state index contributed by atoms with van der Waals surface area (Å²) in [6.45, 7) is 2.44. The van der Waals surface area contributed by atoms with Gasteiger partial charge in [-0.25, -0.2) is 8.42 Å². The Bertz CT molecular complexity index is 1040. The molecule has 0 aliphatic heterocycles. The van der Waals surface area contributed by atoms with E-state index < -0.39 is 10.0 Å². The van der Waals surface area contributed by atoms with Gasteiger partial charge in [-0.3, -0.25) is 9.63 Å². The Labute approximate surface area is 188 Å². The van der Waals surface area contributed by atoms with Crippen LogP contribution in [0.5, 0.6) is 5.75 Å². The number of halogens is 1. The van der Waals surface area contributed by atoms with Gasteiger partial charge >= 0.3 is 0 Å². The van der Waals surface area contributed by atoms with Gasteiger partial charge in [0.15, 0.2) is 0 Å². The molecule has 9 heteroatoms. The van der Waals surface area contributed by atoms with E-state index in [1.165, 1.54) is 26.3 Å². The van der Waals surface area contributed by atoms with Crippen LogP contribution in [0, 0.1) is 5.92 Å². The fraction of sp³-hybridized carbons (Fsp3) is 0.409. The third kappa shape index (κ3) is 5.20. The molecule has 1 amide bonds. The van der Waals surface area contributed by atoms with Crippen LogP contribution in [0.4, 0.5) is 0 Å². The van der Waals surface area contributed by atoms with Crippen molar-refractivity contribution in [2.24, 2.45) is 5.92 Å². The molecule has 7 nitrogen and oxygen atoms in total. The van der Waals surface area contributed by atoms with Crippen LogP contribution in [-0.2, 0) is 21.4 Å². The number of nitrogens with zero attached hydrogens (tertiary/aromatic N) is 2. The number of methoxy groups -OCH3 is 1. The highest BCUT2D eigenvalue weighted by Crippen LogP contribution is 2.36. The standard InChI is InChI=1S/C22H27ClN2O5S/c1-15(17-7-8-17)25(14-16-5-10-19(29-3)11-6-16)22(26)18-9-12-20(23)21(13-18)31(27,28)24(2)30-4/h5-6,9-13,15,17H,7-8,14H2,1-4H3. The maximum atomic E-state index is 13.5.